The molecule has 4 aromatic carbocycles. The van der Waals surface area contributed by atoms with E-state index in [-0.39, 0.29) is 37.5 Å². The van der Waals surface area contributed by atoms with Gasteiger partial charge in [-0.1, -0.05) is 24.3 Å². The summed E-state index contributed by atoms with van der Waals surface area (Å²) in [6, 6.07) is 16.7. The molecule has 0 radical (unpaired) electrons. The average Bonchev–Trinajstić information content (AvgIpc) is 3.87. The highest BCUT2D eigenvalue weighted by atomic mass is 19.1. The van der Waals surface area contributed by atoms with Crippen molar-refractivity contribution in [2.24, 2.45) is 0 Å². The molecule has 0 unspecified atom stereocenters. The second kappa shape index (κ2) is 14.0. The molecule has 308 valence electrons. The summed E-state index contributed by atoms with van der Waals surface area (Å²) in [5, 5.41) is 16.1. The first-order valence-electron chi connectivity index (χ1n) is 20.0. The molecule has 63 heavy (non-hydrogen) atoms. The molecule has 6 aromatic heterocycles. The maximum absolute atomic E-state index is 16.5. The largest absolute Gasteiger partial charge is 0.421 e. The molecule has 0 fully saturated rings. The van der Waals surface area contributed by atoms with Crippen LogP contribution in [-0.4, -0.2) is 56.9 Å². The van der Waals surface area contributed by atoms with Gasteiger partial charge < -0.3 is 40.7 Å². The molecule has 2 aliphatic rings. The predicted molar refractivity (Wildman–Crippen MR) is 234 cm³/mol. The third-order valence-corrected chi connectivity index (χ3v) is 11.4. The summed E-state index contributed by atoms with van der Waals surface area (Å²) in [4.78, 5) is 42.8. The Balaban J connectivity index is 0.982. The van der Waals surface area contributed by atoms with Crippen LogP contribution in [0.1, 0.15) is 22.5 Å². The van der Waals surface area contributed by atoms with Crippen LogP contribution in [0.5, 0.6) is 23.5 Å². The van der Waals surface area contributed by atoms with Crippen molar-refractivity contribution in [1.29, 1.82) is 0 Å². The molecular formula is C45H32F2N14O2. The van der Waals surface area contributed by atoms with Crippen LogP contribution < -0.4 is 30.7 Å². The fourth-order valence-corrected chi connectivity index (χ4v) is 8.57. The quantitative estimate of drug-likeness (QED) is 0.0846. The number of hydrogen-bond acceptors (Lipinski definition) is 14. The van der Waals surface area contributed by atoms with Crippen molar-refractivity contribution < 1.29 is 18.3 Å². The molecule has 18 heteroatoms. The molecule has 10 aromatic rings. The van der Waals surface area contributed by atoms with E-state index in [0.29, 0.717) is 95.1 Å². The van der Waals surface area contributed by atoms with Crippen molar-refractivity contribution >= 4 is 66.6 Å². The SMILES string of the molecule is CNc1cc(F)c2c3c1[nH]c1nc(Oc4cnc(C)nc4)nc(c13)-c1cc(CNc3cc(F)c4c5c3[nH]c3nc(Oc6cncnc6)nc(c35)-c3ccccc3NC4)ccc1NC2. The monoisotopic (exact) mass is 838 g/mol. The number of halogens is 2. The normalized spacial score (nSPS) is 12.6. The van der Waals surface area contributed by atoms with Gasteiger partial charge >= 0.3 is 12.0 Å². The zero-order valence-corrected chi connectivity index (χ0v) is 33.4. The van der Waals surface area contributed by atoms with E-state index in [4.69, 9.17) is 29.4 Å². The van der Waals surface area contributed by atoms with Crippen LogP contribution >= 0.6 is 0 Å². The van der Waals surface area contributed by atoms with Crippen molar-refractivity contribution in [2.45, 2.75) is 26.6 Å². The highest BCUT2D eigenvalue weighted by Crippen LogP contribution is 2.46. The van der Waals surface area contributed by atoms with Gasteiger partial charge in [0.1, 0.15) is 35.1 Å². The summed E-state index contributed by atoms with van der Waals surface area (Å²) < 4.78 is 44.5. The second-order valence-electron chi connectivity index (χ2n) is 15.2. The number of aryl methyl sites for hydroxylation is 1. The van der Waals surface area contributed by atoms with Gasteiger partial charge in [-0.25, -0.2) is 28.7 Å². The van der Waals surface area contributed by atoms with Gasteiger partial charge in [-0.15, -0.1) is 0 Å². The number of para-hydroxylation sites is 1. The minimum absolute atomic E-state index is 0.0507. The molecule has 0 aliphatic carbocycles. The summed E-state index contributed by atoms with van der Waals surface area (Å²) in [6.45, 7) is 2.51. The lowest BCUT2D eigenvalue weighted by molar-refractivity contribution is 0.439. The van der Waals surface area contributed by atoms with Gasteiger partial charge in [-0.05, 0) is 42.8 Å². The number of nitrogens with zero attached hydrogens (tertiary/aromatic N) is 8. The maximum Gasteiger partial charge on any atom is 0.324 e. The van der Waals surface area contributed by atoms with Crippen LogP contribution in [0.25, 0.3) is 66.4 Å². The summed E-state index contributed by atoms with van der Waals surface area (Å²) >= 11 is 0. The Kier molecular flexibility index (Phi) is 8.08. The third-order valence-electron chi connectivity index (χ3n) is 11.4. The van der Waals surface area contributed by atoms with Crippen LogP contribution in [-0.2, 0) is 19.6 Å². The number of ether oxygens (including phenoxy) is 2. The van der Waals surface area contributed by atoms with E-state index >= 15 is 8.78 Å². The van der Waals surface area contributed by atoms with Crippen molar-refractivity contribution in [1.82, 2.24) is 49.8 Å². The van der Waals surface area contributed by atoms with Crippen molar-refractivity contribution in [3.05, 3.63) is 120 Å². The Bertz CT molecular complexity index is 3510. The zero-order valence-electron chi connectivity index (χ0n) is 33.4. The van der Waals surface area contributed by atoms with Gasteiger partial charge in [-0.3, -0.25) is 0 Å². The number of anilines is 4. The van der Waals surface area contributed by atoms with E-state index in [9.17, 15) is 0 Å². The molecule has 16 nitrogen and oxygen atoms in total. The van der Waals surface area contributed by atoms with Crippen LogP contribution in [0.4, 0.5) is 31.5 Å². The van der Waals surface area contributed by atoms with E-state index in [0.717, 1.165) is 28.1 Å². The second-order valence-corrected chi connectivity index (χ2v) is 15.2. The number of fused-ring (bicyclic) bond motifs is 4. The molecule has 8 heterocycles. The number of aromatic nitrogens is 10. The minimum Gasteiger partial charge on any atom is -0.421 e. The molecule has 2 aliphatic heterocycles. The standard InChI is InChI=1S/C45H32F2N14O2/c1-20-51-15-23(16-52-20)63-45-59-39-25-9-21(7-8-31(25)55-18-26-28(46)10-32(48-2)40-34(26)37(39)43(56-40)61-45)12-53-33-11-29(47)27-17-54-30-6-4-3-5-24(30)38-36-35(27)41(33)57-42(36)60-44(58-38)62-22-13-49-19-50-14-22/h3-11,13-16,19,48,53-55H,12,17-18H2,1-2H3,(H,56,59,61)(H,57,58,60). The number of nitrogens with one attached hydrogen (secondary N) is 6. The number of benzene rings is 4. The van der Waals surface area contributed by atoms with Gasteiger partial charge in [0.25, 0.3) is 0 Å². The Morgan fingerprint density at radius 2 is 1.24 bits per heavy atom. The van der Waals surface area contributed by atoms with Gasteiger partial charge in [-0.2, -0.15) is 19.9 Å². The first-order chi connectivity index (χ1) is 30.9. The fraction of sp³-hybridized carbons (Fsp3) is 0.111. The first-order valence-corrected chi connectivity index (χ1v) is 20.0. The van der Waals surface area contributed by atoms with Crippen LogP contribution in [0, 0.1) is 18.6 Å². The first kappa shape index (κ1) is 36.3. The van der Waals surface area contributed by atoms with E-state index in [1.165, 1.54) is 30.9 Å². The highest BCUT2D eigenvalue weighted by molar-refractivity contribution is 6.19. The zero-order chi connectivity index (χ0) is 42.3. The molecule has 12 rings (SSSR count). The fourth-order valence-electron chi connectivity index (χ4n) is 8.57. The van der Waals surface area contributed by atoms with E-state index in [2.05, 4.69) is 51.2 Å². The Hall–Kier alpha value is -8.54. The predicted octanol–water partition coefficient (Wildman–Crippen LogP) is 9.13. The molecule has 0 bridgehead atoms. The van der Waals surface area contributed by atoms with Gasteiger partial charge in [0.05, 0.1) is 69.4 Å². The number of hydrogen-bond donors (Lipinski definition) is 6. The third kappa shape index (κ3) is 5.93. The van der Waals surface area contributed by atoms with Gasteiger partial charge in [0.2, 0.25) is 0 Å². The van der Waals surface area contributed by atoms with Crippen molar-refractivity contribution in [3.8, 4) is 46.0 Å². The molecule has 0 atom stereocenters. The highest BCUT2D eigenvalue weighted by Gasteiger charge is 2.28. The molecule has 6 N–H and O–H groups in total. The van der Waals surface area contributed by atoms with E-state index in [1.54, 1.807) is 26.4 Å². The van der Waals surface area contributed by atoms with Crippen molar-refractivity contribution in [3.63, 3.8) is 0 Å². The average molecular weight is 839 g/mol. The molecular weight excluding hydrogens is 807 g/mol. The topological polar surface area (TPSA) is 201 Å². The van der Waals surface area contributed by atoms with Gasteiger partial charge in [0.15, 0.2) is 11.5 Å². The van der Waals surface area contributed by atoms with Crippen LogP contribution in [0.3, 0.4) is 0 Å². The minimum atomic E-state index is -0.397. The van der Waals surface area contributed by atoms with Crippen LogP contribution in [0.2, 0.25) is 0 Å². The Morgan fingerprint density at radius 3 is 1.90 bits per heavy atom. The van der Waals surface area contributed by atoms with Gasteiger partial charge in [0, 0.05) is 71.1 Å². The molecule has 0 spiro atoms. The summed E-state index contributed by atoms with van der Waals surface area (Å²) in [7, 11) is 1.74. The lowest BCUT2D eigenvalue weighted by atomic mass is 9.96. The van der Waals surface area contributed by atoms with Crippen molar-refractivity contribution in [2.75, 3.05) is 28.3 Å². The lowest BCUT2D eigenvalue weighted by Crippen LogP contribution is -2.09. The summed E-state index contributed by atoms with van der Waals surface area (Å²) in [5.74, 6) is 0.544. The Labute approximate surface area is 354 Å². The molecule has 0 saturated carbocycles. The molecule has 0 saturated heterocycles. The maximum atomic E-state index is 16.5. The number of H-pyrrole nitrogens is 2. The summed E-state index contributed by atoms with van der Waals surface area (Å²) in [6.07, 6.45) is 7.56. The Morgan fingerprint density at radius 1 is 0.651 bits per heavy atom. The van der Waals surface area contributed by atoms with E-state index in [1.807, 2.05) is 42.5 Å². The lowest BCUT2D eigenvalue weighted by Gasteiger charge is -2.20. The summed E-state index contributed by atoms with van der Waals surface area (Å²) in [5.41, 5.74) is 9.32. The molecule has 0 amide bonds. The smallest absolute Gasteiger partial charge is 0.324 e. The number of rotatable bonds is 8. The van der Waals surface area contributed by atoms with E-state index < -0.39 is 5.82 Å². The van der Waals surface area contributed by atoms with Crippen LogP contribution in [0.15, 0.2) is 85.7 Å². The number of aromatic amines is 2.